The van der Waals surface area contributed by atoms with Crippen LogP contribution in [0.1, 0.15) is 40.0 Å². The molecule has 0 bridgehead atoms. The summed E-state index contributed by atoms with van der Waals surface area (Å²) in [6, 6.07) is 0. The van der Waals surface area contributed by atoms with Crippen LogP contribution >= 0.6 is 0 Å². The SMILES string of the molecule is CCC(C)OC(=O)C(=O)CC(C)CC(=O)C(=O)O. The van der Waals surface area contributed by atoms with Crippen LogP contribution in [0.2, 0.25) is 0 Å². The Balaban J connectivity index is 4.19. The van der Waals surface area contributed by atoms with E-state index in [1.54, 1.807) is 6.92 Å². The van der Waals surface area contributed by atoms with Crippen molar-refractivity contribution in [3.63, 3.8) is 0 Å². The van der Waals surface area contributed by atoms with Gasteiger partial charge in [-0.25, -0.2) is 9.59 Å². The molecule has 0 aromatic rings. The Labute approximate surface area is 105 Å². The number of esters is 1. The van der Waals surface area contributed by atoms with Crippen molar-refractivity contribution in [2.75, 3.05) is 0 Å². The highest BCUT2D eigenvalue weighted by molar-refractivity contribution is 6.34. The van der Waals surface area contributed by atoms with Gasteiger partial charge in [-0.3, -0.25) is 9.59 Å². The quantitative estimate of drug-likeness (QED) is 0.514. The molecule has 0 radical (unpaired) electrons. The van der Waals surface area contributed by atoms with E-state index in [1.165, 1.54) is 6.92 Å². The number of carboxylic acid groups (broad SMARTS) is 1. The number of carbonyl (C=O) groups is 4. The Morgan fingerprint density at radius 3 is 2.00 bits per heavy atom. The van der Waals surface area contributed by atoms with E-state index in [0.29, 0.717) is 6.42 Å². The van der Waals surface area contributed by atoms with Gasteiger partial charge in [0.1, 0.15) is 0 Å². The zero-order chi connectivity index (χ0) is 14.3. The van der Waals surface area contributed by atoms with Gasteiger partial charge in [0.05, 0.1) is 6.10 Å². The first-order valence-electron chi connectivity index (χ1n) is 5.77. The second-order valence-corrected chi connectivity index (χ2v) is 4.29. The van der Waals surface area contributed by atoms with Crippen LogP contribution in [0.25, 0.3) is 0 Å². The fraction of sp³-hybridized carbons (Fsp3) is 0.667. The molecule has 0 heterocycles. The van der Waals surface area contributed by atoms with Crippen molar-refractivity contribution in [1.82, 2.24) is 0 Å². The highest BCUT2D eigenvalue weighted by Crippen LogP contribution is 2.10. The monoisotopic (exact) mass is 258 g/mol. The van der Waals surface area contributed by atoms with Gasteiger partial charge >= 0.3 is 11.9 Å². The largest absolute Gasteiger partial charge is 0.476 e. The molecule has 6 heteroatoms. The Bertz CT molecular complexity index is 346. The molecule has 2 atom stereocenters. The van der Waals surface area contributed by atoms with Crippen molar-refractivity contribution >= 4 is 23.5 Å². The summed E-state index contributed by atoms with van der Waals surface area (Å²) in [5.74, 6) is -4.66. The normalized spacial score (nSPS) is 13.5. The fourth-order valence-electron chi connectivity index (χ4n) is 1.21. The van der Waals surface area contributed by atoms with Crippen LogP contribution in [0.4, 0.5) is 0 Å². The predicted octanol–water partition coefficient (Wildman–Crippen LogP) is 0.967. The van der Waals surface area contributed by atoms with Crippen molar-refractivity contribution in [2.24, 2.45) is 5.92 Å². The summed E-state index contributed by atoms with van der Waals surface area (Å²) in [4.78, 5) is 43.9. The third-order valence-electron chi connectivity index (χ3n) is 2.42. The average molecular weight is 258 g/mol. The van der Waals surface area contributed by atoms with Crippen LogP contribution in [0, 0.1) is 5.92 Å². The van der Waals surface area contributed by atoms with Gasteiger partial charge in [-0.05, 0) is 19.3 Å². The van der Waals surface area contributed by atoms with E-state index in [0.717, 1.165) is 0 Å². The van der Waals surface area contributed by atoms with E-state index >= 15 is 0 Å². The molecule has 1 N–H and O–H groups in total. The maximum Gasteiger partial charge on any atom is 0.374 e. The van der Waals surface area contributed by atoms with E-state index in [1.807, 2.05) is 6.92 Å². The Hall–Kier alpha value is -1.72. The number of hydrogen-bond acceptors (Lipinski definition) is 5. The lowest BCUT2D eigenvalue weighted by Crippen LogP contribution is -2.25. The maximum atomic E-state index is 11.4. The van der Waals surface area contributed by atoms with Crippen molar-refractivity contribution in [3.05, 3.63) is 0 Å². The predicted molar refractivity (Wildman–Crippen MR) is 61.9 cm³/mol. The second kappa shape index (κ2) is 7.58. The highest BCUT2D eigenvalue weighted by Gasteiger charge is 2.23. The highest BCUT2D eigenvalue weighted by atomic mass is 16.5. The molecular weight excluding hydrogens is 240 g/mol. The lowest BCUT2D eigenvalue weighted by atomic mass is 9.98. The summed E-state index contributed by atoms with van der Waals surface area (Å²) in [6.07, 6.45) is -0.185. The molecule has 0 aliphatic rings. The molecule has 0 rings (SSSR count). The maximum absolute atomic E-state index is 11.4. The first-order valence-corrected chi connectivity index (χ1v) is 5.77. The summed E-state index contributed by atoms with van der Waals surface area (Å²) in [7, 11) is 0. The minimum absolute atomic E-state index is 0.186. The van der Waals surface area contributed by atoms with Crippen LogP contribution in [0.15, 0.2) is 0 Å². The van der Waals surface area contributed by atoms with E-state index in [9.17, 15) is 19.2 Å². The Kier molecular flexibility index (Phi) is 6.85. The molecule has 0 fully saturated rings. The van der Waals surface area contributed by atoms with Crippen molar-refractivity contribution in [3.8, 4) is 0 Å². The minimum Gasteiger partial charge on any atom is -0.476 e. The molecule has 6 nitrogen and oxygen atoms in total. The van der Waals surface area contributed by atoms with Crippen LogP contribution in [0.5, 0.6) is 0 Å². The van der Waals surface area contributed by atoms with E-state index < -0.39 is 29.4 Å². The number of ketones is 2. The summed E-state index contributed by atoms with van der Waals surface area (Å²) < 4.78 is 4.82. The van der Waals surface area contributed by atoms with Crippen LogP contribution in [-0.2, 0) is 23.9 Å². The van der Waals surface area contributed by atoms with Gasteiger partial charge in [0.2, 0.25) is 11.6 Å². The summed E-state index contributed by atoms with van der Waals surface area (Å²) in [6.45, 7) is 5.02. The summed E-state index contributed by atoms with van der Waals surface area (Å²) >= 11 is 0. The van der Waals surface area contributed by atoms with E-state index in [4.69, 9.17) is 9.84 Å². The van der Waals surface area contributed by atoms with Gasteiger partial charge < -0.3 is 9.84 Å². The standard InChI is InChI=1S/C12H18O6/c1-4-8(3)18-12(17)10(14)6-7(2)5-9(13)11(15)16/h7-8H,4-6H2,1-3H3,(H,15,16). The van der Waals surface area contributed by atoms with Crippen LogP contribution in [0.3, 0.4) is 0 Å². The average Bonchev–Trinajstić information content (AvgIpc) is 2.27. The zero-order valence-electron chi connectivity index (χ0n) is 10.8. The van der Waals surface area contributed by atoms with Gasteiger partial charge in [0.25, 0.3) is 0 Å². The number of hydrogen-bond donors (Lipinski definition) is 1. The van der Waals surface area contributed by atoms with Crippen LogP contribution in [-0.4, -0.2) is 34.7 Å². The van der Waals surface area contributed by atoms with Gasteiger partial charge in [-0.1, -0.05) is 13.8 Å². The molecular formula is C12H18O6. The second-order valence-electron chi connectivity index (χ2n) is 4.29. The third-order valence-corrected chi connectivity index (χ3v) is 2.42. The first kappa shape index (κ1) is 16.3. The number of ether oxygens (including phenoxy) is 1. The van der Waals surface area contributed by atoms with Crippen molar-refractivity contribution < 1.29 is 29.0 Å². The number of Topliss-reactive ketones (excluding diaryl/α,β-unsaturated/α-hetero) is 2. The fourth-order valence-corrected chi connectivity index (χ4v) is 1.21. The van der Waals surface area contributed by atoms with Crippen molar-refractivity contribution in [2.45, 2.75) is 46.1 Å². The smallest absolute Gasteiger partial charge is 0.374 e. The number of carbonyl (C=O) groups excluding carboxylic acids is 3. The van der Waals surface area contributed by atoms with E-state index in [2.05, 4.69) is 0 Å². The first-order chi connectivity index (χ1) is 8.27. The van der Waals surface area contributed by atoms with Gasteiger partial charge in [-0.2, -0.15) is 0 Å². The van der Waals surface area contributed by atoms with Crippen molar-refractivity contribution in [1.29, 1.82) is 0 Å². The summed E-state index contributed by atoms with van der Waals surface area (Å²) in [5, 5.41) is 8.40. The minimum atomic E-state index is -1.53. The molecule has 0 spiro atoms. The lowest BCUT2D eigenvalue weighted by Gasteiger charge is -2.11. The molecule has 18 heavy (non-hydrogen) atoms. The molecule has 0 amide bonds. The molecule has 0 saturated carbocycles. The molecule has 2 unspecified atom stereocenters. The molecule has 0 saturated heterocycles. The van der Waals surface area contributed by atoms with Gasteiger partial charge in [-0.15, -0.1) is 0 Å². The van der Waals surface area contributed by atoms with Gasteiger partial charge in [0.15, 0.2) is 0 Å². The molecule has 0 aromatic heterocycles. The topological polar surface area (TPSA) is 97.7 Å². The molecule has 0 aromatic carbocycles. The van der Waals surface area contributed by atoms with Gasteiger partial charge in [0, 0.05) is 12.8 Å². The third kappa shape index (κ3) is 6.12. The Morgan fingerprint density at radius 1 is 1.06 bits per heavy atom. The molecule has 102 valence electrons. The molecule has 0 aliphatic heterocycles. The van der Waals surface area contributed by atoms with Crippen LogP contribution < -0.4 is 0 Å². The number of aliphatic carboxylic acids is 1. The molecule has 0 aliphatic carbocycles. The summed E-state index contributed by atoms with van der Waals surface area (Å²) in [5.41, 5.74) is 0. The number of rotatable bonds is 8. The Morgan fingerprint density at radius 2 is 1.56 bits per heavy atom. The van der Waals surface area contributed by atoms with E-state index in [-0.39, 0.29) is 18.9 Å². The lowest BCUT2D eigenvalue weighted by molar-refractivity contribution is -0.158. The zero-order valence-corrected chi connectivity index (χ0v) is 10.8. The number of carboxylic acids is 1.